The van der Waals surface area contributed by atoms with E-state index in [9.17, 15) is 9.59 Å². The monoisotopic (exact) mass is 232 g/mol. The van der Waals surface area contributed by atoms with E-state index in [0.29, 0.717) is 19.4 Å². The molecular weight excluding hydrogens is 220 g/mol. The van der Waals surface area contributed by atoms with Gasteiger partial charge in [-0.1, -0.05) is 0 Å². The third kappa shape index (κ3) is 2.09. The molecule has 1 saturated carbocycles. The van der Waals surface area contributed by atoms with Crippen LogP contribution >= 0.6 is 11.6 Å². The van der Waals surface area contributed by atoms with Crippen LogP contribution in [0, 0.1) is 11.8 Å². The van der Waals surface area contributed by atoms with E-state index in [1.54, 1.807) is 0 Å². The van der Waals surface area contributed by atoms with Gasteiger partial charge in [0.15, 0.2) is 0 Å². The van der Waals surface area contributed by atoms with Crippen molar-refractivity contribution in [1.29, 1.82) is 0 Å². The van der Waals surface area contributed by atoms with Gasteiger partial charge in [-0.2, -0.15) is 0 Å². The molecule has 4 nitrogen and oxygen atoms in total. The SMILES string of the molecule is CC(=O)OCC1C2CC(Cl)C1CC(=O)O2. The number of ether oxygens (including phenoxy) is 2. The zero-order valence-electron chi connectivity index (χ0n) is 8.44. The summed E-state index contributed by atoms with van der Waals surface area (Å²) in [6.07, 6.45) is 0.846. The number of hydrogen-bond acceptors (Lipinski definition) is 4. The minimum absolute atomic E-state index is 0.0398. The Morgan fingerprint density at radius 2 is 2.40 bits per heavy atom. The fourth-order valence-electron chi connectivity index (χ4n) is 2.38. The molecule has 1 aliphatic carbocycles. The van der Waals surface area contributed by atoms with Gasteiger partial charge in [0.25, 0.3) is 0 Å². The second kappa shape index (κ2) is 4.00. The van der Waals surface area contributed by atoms with Gasteiger partial charge in [-0.3, -0.25) is 9.59 Å². The first-order valence-corrected chi connectivity index (χ1v) is 5.48. The van der Waals surface area contributed by atoms with E-state index in [1.165, 1.54) is 6.92 Å². The summed E-state index contributed by atoms with van der Waals surface area (Å²) in [6, 6.07) is 0. The van der Waals surface area contributed by atoms with Gasteiger partial charge in [-0.05, 0) is 5.92 Å². The minimum atomic E-state index is -0.308. The lowest BCUT2D eigenvalue weighted by Crippen LogP contribution is -2.36. The van der Waals surface area contributed by atoms with Crippen LogP contribution in [0.1, 0.15) is 19.8 Å². The molecule has 0 N–H and O–H groups in total. The Kier molecular flexibility index (Phi) is 2.87. The summed E-state index contributed by atoms with van der Waals surface area (Å²) in [5.41, 5.74) is 0. The van der Waals surface area contributed by atoms with Crippen LogP contribution in [0.5, 0.6) is 0 Å². The highest BCUT2D eigenvalue weighted by Gasteiger charge is 2.49. The standard InChI is InChI=1S/C10H13ClO4/c1-5(12)14-4-7-6-2-10(13)15-9(7)3-8(6)11/h6-9H,2-4H2,1H3. The number of carbonyl (C=O) groups is 2. The van der Waals surface area contributed by atoms with Crippen LogP contribution in [0.3, 0.4) is 0 Å². The van der Waals surface area contributed by atoms with Gasteiger partial charge >= 0.3 is 11.9 Å². The van der Waals surface area contributed by atoms with Crippen LogP contribution in [0.4, 0.5) is 0 Å². The van der Waals surface area contributed by atoms with Crippen LogP contribution < -0.4 is 0 Å². The molecule has 4 atom stereocenters. The maximum Gasteiger partial charge on any atom is 0.306 e. The number of hydrogen-bond donors (Lipinski definition) is 0. The molecule has 4 unspecified atom stereocenters. The van der Waals surface area contributed by atoms with E-state index >= 15 is 0 Å². The summed E-state index contributed by atoms with van der Waals surface area (Å²) < 4.78 is 10.1. The highest BCUT2D eigenvalue weighted by molar-refractivity contribution is 6.21. The largest absolute Gasteiger partial charge is 0.465 e. The molecule has 84 valence electrons. The average Bonchev–Trinajstić information content (AvgIpc) is 2.31. The van der Waals surface area contributed by atoms with Crippen molar-refractivity contribution in [3.8, 4) is 0 Å². The molecule has 0 aromatic carbocycles. The Hall–Kier alpha value is -0.770. The number of alkyl halides is 1. The second-order valence-corrected chi connectivity index (χ2v) is 4.68. The number of rotatable bonds is 2. The highest BCUT2D eigenvalue weighted by Crippen LogP contribution is 2.43. The summed E-state index contributed by atoms with van der Waals surface area (Å²) in [7, 11) is 0. The molecule has 0 spiro atoms. The number of fused-ring (bicyclic) bond motifs is 2. The summed E-state index contributed by atoms with van der Waals surface area (Å²) in [4.78, 5) is 21.9. The Bertz CT molecular complexity index is 291. The summed E-state index contributed by atoms with van der Waals surface area (Å²) in [5.74, 6) is -0.323. The average molecular weight is 233 g/mol. The zero-order valence-corrected chi connectivity index (χ0v) is 9.20. The quantitative estimate of drug-likeness (QED) is 0.529. The van der Waals surface area contributed by atoms with Crippen LogP contribution in [-0.2, 0) is 19.1 Å². The van der Waals surface area contributed by atoms with Crippen LogP contribution in [0.15, 0.2) is 0 Å². The molecular formula is C10H13ClO4. The maximum absolute atomic E-state index is 11.2. The lowest BCUT2D eigenvalue weighted by molar-refractivity contribution is -0.161. The van der Waals surface area contributed by atoms with Gasteiger partial charge in [-0.15, -0.1) is 11.6 Å². The summed E-state index contributed by atoms with van der Waals surface area (Å²) in [5, 5.41) is -0.0398. The van der Waals surface area contributed by atoms with Crippen molar-refractivity contribution in [1.82, 2.24) is 0 Å². The molecule has 2 rings (SSSR count). The van der Waals surface area contributed by atoms with Crippen LogP contribution in [-0.4, -0.2) is 30.0 Å². The molecule has 1 aliphatic heterocycles. The van der Waals surface area contributed by atoms with E-state index in [-0.39, 0.29) is 35.3 Å². The molecule has 0 radical (unpaired) electrons. The predicted molar refractivity (Wildman–Crippen MR) is 52.4 cm³/mol. The topological polar surface area (TPSA) is 52.6 Å². The van der Waals surface area contributed by atoms with Gasteiger partial charge in [0.05, 0.1) is 13.0 Å². The number of halogens is 1. The van der Waals surface area contributed by atoms with Gasteiger partial charge in [0.1, 0.15) is 6.10 Å². The second-order valence-electron chi connectivity index (χ2n) is 4.11. The van der Waals surface area contributed by atoms with Crippen molar-refractivity contribution in [2.75, 3.05) is 6.61 Å². The fraction of sp³-hybridized carbons (Fsp3) is 0.800. The van der Waals surface area contributed by atoms with Gasteiger partial charge in [0, 0.05) is 24.6 Å². The van der Waals surface area contributed by atoms with Crippen molar-refractivity contribution in [2.45, 2.75) is 31.2 Å². The van der Waals surface area contributed by atoms with Crippen LogP contribution in [0.2, 0.25) is 0 Å². The molecule has 5 heteroatoms. The number of esters is 2. The van der Waals surface area contributed by atoms with Crippen molar-refractivity contribution >= 4 is 23.5 Å². The van der Waals surface area contributed by atoms with Crippen molar-refractivity contribution < 1.29 is 19.1 Å². The third-order valence-electron chi connectivity index (χ3n) is 3.11. The van der Waals surface area contributed by atoms with E-state index in [4.69, 9.17) is 21.1 Å². The van der Waals surface area contributed by atoms with Crippen molar-refractivity contribution in [2.24, 2.45) is 11.8 Å². The van der Waals surface area contributed by atoms with E-state index in [1.807, 2.05) is 0 Å². The maximum atomic E-state index is 11.2. The molecule has 1 saturated heterocycles. The summed E-state index contributed by atoms with van der Waals surface area (Å²) in [6.45, 7) is 1.68. The Balaban J connectivity index is 2.01. The first kappa shape index (κ1) is 10.7. The minimum Gasteiger partial charge on any atom is -0.465 e. The normalized spacial score (nSPS) is 38.7. The highest BCUT2D eigenvalue weighted by atomic mass is 35.5. The fourth-order valence-corrected chi connectivity index (χ4v) is 2.84. The third-order valence-corrected chi connectivity index (χ3v) is 3.62. The molecule has 0 aromatic rings. The summed E-state index contributed by atoms with van der Waals surface area (Å²) >= 11 is 6.12. The molecule has 0 aromatic heterocycles. The van der Waals surface area contributed by atoms with Gasteiger partial charge in [0.2, 0.25) is 0 Å². The first-order chi connectivity index (χ1) is 7.08. The molecule has 2 aliphatic rings. The predicted octanol–water partition coefficient (Wildman–Crippen LogP) is 1.11. The van der Waals surface area contributed by atoms with Gasteiger partial charge in [-0.25, -0.2) is 0 Å². The number of carbonyl (C=O) groups excluding carboxylic acids is 2. The zero-order chi connectivity index (χ0) is 11.0. The first-order valence-electron chi connectivity index (χ1n) is 5.05. The molecule has 1 heterocycles. The lowest BCUT2D eigenvalue weighted by Gasteiger charge is -2.29. The van der Waals surface area contributed by atoms with Crippen molar-refractivity contribution in [3.05, 3.63) is 0 Å². The van der Waals surface area contributed by atoms with E-state index in [0.717, 1.165) is 0 Å². The molecule has 2 fully saturated rings. The van der Waals surface area contributed by atoms with E-state index < -0.39 is 0 Å². The Labute approximate surface area is 92.9 Å². The Morgan fingerprint density at radius 3 is 3.00 bits per heavy atom. The smallest absolute Gasteiger partial charge is 0.306 e. The van der Waals surface area contributed by atoms with Crippen molar-refractivity contribution in [3.63, 3.8) is 0 Å². The van der Waals surface area contributed by atoms with E-state index in [2.05, 4.69) is 0 Å². The van der Waals surface area contributed by atoms with Gasteiger partial charge < -0.3 is 9.47 Å². The Morgan fingerprint density at radius 1 is 1.67 bits per heavy atom. The van der Waals surface area contributed by atoms with Crippen LogP contribution in [0.25, 0.3) is 0 Å². The molecule has 2 bridgehead atoms. The molecule has 15 heavy (non-hydrogen) atoms. The lowest BCUT2D eigenvalue weighted by atomic mass is 9.90. The molecule has 0 amide bonds.